The van der Waals surface area contributed by atoms with Gasteiger partial charge in [-0.2, -0.15) is 0 Å². The molecule has 2 aromatic rings. The number of hydroxylamine groups is 3. The molecule has 2 aliphatic rings. The zero-order chi connectivity index (χ0) is 19.0. The molecule has 0 amide bonds. The molecule has 4 rings (SSSR count). The number of aliphatic hydroxyl groups excluding tert-OH is 2. The molecule has 0 saturated heterocycles. The molecule has 27 heavy (non-hydrogen) atoms. The van der Waals surface area contributed by atoms with Crippen LogP contribution in [0.5, 0.6) is 5.75 Å². The Morgan fingerprint density at radius 3 is 2.44 bits per heavy atom. The molecule has 5 heteroatoms. The summed E-state index contributed by atoms with van der Waals surface area (Å²) in [6.07, 6.45) is 3.60. The first-order valence-corrected chi connectivity index (χ1v) is 9.74. The molecular weight excluding hydrogens is 342 g/mol. The van der Waals surface area contributed by atoms with Gasteiger partial charge in [-0.05, 0) is 35.6 Å². The summed E-state index contributed by atoms with van der Waals surface area (Å²) in [4.78, 5) is 0. The molecule has 3 N–H and O–H groups in total. The number of hydrogen-bond acceptors (Lipinski definition) is 4. The molecular formula is C22H27NO4. The molecule has 0 aromatic heterocycles. The van der Waals surface area contributed by atoms with Crippen molar-refractivity contribution in [2.75, 3.05) is 13.1 Å². The van der Waals surface area contributed by atoms with Crippen molar-refractivity contribution in [3.05, 3.63) is 69.4 Å². The highest BCUT2D eigenvalue weighted by molar-refractivity contribution is 5.39. The molecule has 1 aliphatic carbocycles. The number of benzene rings is 2. The van der Waals surface area contributed by atoms with Crippen molar-refractivity contribution >= 4 is 0 Å². The molecule has 1 saturated carbocycles. The Morgan fingerprint density at radius 2 is 1.78 bits per heavy atom. The van der Waals surface area contributed by atoms with Crippen molar-refractivity contribution < 1.29 is 20.0 Å². The standard InChI is InChI=1S/C22H27NO4/c24-13-17-4-6-20-18(9-17)7-8-23(27,12-15-1-2-15)21(20)10-16-3-5-19(14-25)22(26)11-16/h3-6,9,11,15,21,24-26H,1-2,7-8,10,12-14H2/t21-,23+/m1/s1. The Labute approximate surface area is 159 Å². The van der Waals surface area contributed by atoms with Crippen molar-refractivity contribution in [2.45, 2.75) is 44.9 Å². The number of fused-ring (bicyclic) bond motifs is 1. The highest BCUT2D eigenvalue weighted by Crippen LogP contribution is 2.43. The highest BCUT2D eigenvalue weighted by Gasteiger charge is 2.40. The van der Waals surface area contributed by atoms with Crippen molar-refractivity contribution in [3.63, 3.8) is 0 Å². The summed E-state index contributed by atoms with van der Waals surface area (Å²) in [5, 5.41) is 42.6. The van der Waals surface area contributed by atoms with Gasteiger partial charge in [0.05, 0.1) is 26.3 Å². The second-order valence-corrected chi connectivity index (χ2v) is 8.08. The second kappa shape index (κ2) is 7.24. The van der Waals surface area contributed by atoms with Gasteiger partial charge in [-0.1, -0.05) is 30.3 Å². The van der Waals surface area contributed by atoms with E-state index in [1.165, 1.54) is 0 Å². The summed E-state index contributed by atoms with van der Waals surface area (Å²) < 4.78 is -0.210. The maximum absolute atomic E-state index is 13.8. The van der Waals surface area contributed by atoms with E-state index >= 15 is 0 Å². The largest absolute Gasteiger partial charge is 0.632 e. The molecule has 1 heterocycles. The van der Waals surface area contributed by atoms with Crippen LogP contribution in [0.3, 0.4) is 0 Å². The smallest absolute Gasteiger partial charge is 0.121 e. The van der Waals surface area contributed by atoms with Crippen LogP contribution in [-0.2, 0) is 26.1 Å². The van der Waals surface area contributed by atoms with Crippen LogP contribution in [0.25, 0.3) is 0 Å². The van der Waals surface area contributed by atoms with Crippen molar-refractivity contribution in [1.29, 1.82) is 0 Å². The zero-order valence-corrected chi connectivity index (χ0v) is 15.5. The topological polar surface area (TPSA) is 83.8 Å². The van der Waals surface area contributed by atoms with Gasteiger partial charge in [0.15, 0.2) is 0 Å². The third kappa shape index (κ3) is 3.73. The Morgan fingerprint density at radius 1 is 1.00 bits per heavy atom. The Bertz CT molecular complexity index is 833. The lowest BCUT2D eigenvalue weighted by molar-refractivity contribution is -0.915. The predicted octanol–water partition coefficient (Wildman–Crippen LogP) is 2.94. The normalized spacial score (nSPS) is 24.6. The van der Waals surface area contributed by atoms with Crippen LogP contribution < -0.4 is 0 Å². The molecule has 1 aliphatic heterocycles. The molecule has 0 unspecified atom stereocenters. The van der Waals surface area contributed by atoms with E-state index in [1.807, 2.05) is 24.3 Å². The van der Waals surface area contributed by atoms with Crippen molar-refractivity contribution in [3.8, 4) is 5.75 Å². The van der Waals surface area contributed by atoms with E-state index in [4.69, 9.17) is 0 Å². The lowest BCUT2D eigenvalue weighted by atomic mass is 9.86. The second-order valence-electron chi connectivity index (χ2n) is 8.08. The first-order chi connectivity index (χ1) is 13.0. The number of phenols is 1. The molecule has 1 fully saturated rings. The molecule has 5 nitrogen and oxygen atoms in total. The third-order valence-electron chi connectivity index (χ3n) is 6.09. The summed E-state index contributed by atoms with van der Waals surface area (Å²) in [6, 6.07) is 11.0. The predicted molar refractivity (Wildman–Crippen MR) is 103 cm³/mol. The Balaban J connectivity index is 1.69. The third-order valence-corrected chi connectivity index (χ3v) is 6.09. The molecule has 2 aromatic carbocycles. The van der Waals surface area contributed by atoms with Crippen molar-refractivity contribution in [2.24, 2.45) is 5.92 Å². The quantitative estimate of drug-likeness (QED) is 0.540. The maximum Gasteiger partial charge on any atom is 0.121 e. The minimum absolute atomic E-state index is 0.00783. The first kappa shape index (κ1) is 18.4. The highest BCUT2D eigenvalue weighted by atomic mass is 16.5. The summed E-state index contributed by atoms with van der Waals surface area (Å²) in [5.74, 6) is 0.612. The van der Waals surface area contributed by atoms with E-state index in [0.29, 0.717) is 31.0 Å². The molecule has 0 spiro atoms. The van der Waals surface area contributed by atoms with Crippen LogP contribution in [0.15, 0.2) is 36.4 Å². The minimum atomic E-state index is -0.210. The fourth-order valence-corrected chi connectivity index (χ4v) is 4.34. The summed E-state index contributed by atoms with van der Waals surface area (Å²) >= 11 is 0. The SMILES string of the molecule is [O-][N@+]1(CC2CC2)CCc2cc(CO)ccc2[C@H]1Cc1ccc(CO)c(O)c1. The minimum Gasteiger partial charge on any atom is -0.632 e. The average molecular weight is 369 g/mol. The van der Waals surface area contributed by atoms with Crippen LogP contribution >= 0.6 is 0 Å². The van der Waals surface area contributed by atoms with Crippen LogP contribution in [0, 0.1) is 11.1 Å². The van der Waals surface area contributed by atoms with E-state index in [0.717, 1.165) is 41.5 Å². The lowest BCUT2D eigenvalue weighted by Gasteiger charge is -2.52. The van der Waals surface area contributed by atoms with E-state index in [-0.39, 0.29) is 29.7 Å². The van der Waals surface area contributed by atoms with Gasteiger partial charge in [-0.15, -0.1) is 0 Å². The zero-order valence-electron chi connectivity index (χ0n) is 15.5. The summed E-state index contributed by atoms with van der Waals surface area (Å²) in [7, 11) is 0. The van der Waals surface area contributed by atoms with Crippen LogP contribution in [-0.4, -0.2) is 33.1 Å². The summed E-state index contributed by atoms with van der Waals surface area (Å²) in [6.45, 7) is 1.02. The van der Waals surface area contributed by atoms with Crippen LogP contribution in [0.1, 0.15) is 46.7 Å². The van der Waals surface area contributed by atoms with Gasteiger partial charge in [0.2, 0.25) is 0 Å². The van der Waals surface area contributed by atoms with E-state index in [1.54, 1.807) is 12.1 Å². The number of nitrogens with zero attached hydrogens (tertiary/aromatic N) is 1. The molecule has 144 valence electrons. The fourth-order valence-electron chi connectivity index (χ4n) is 4.34. The average Bonchev–Trinajstić information content (AvgIpc) is 3.47. The van der Waals surface area contributed by atoms with Gasteiger partial charge in [0, 0.05) is 29.9 Å². The molecule has 2 atom stereocenters. The first-order valence-electron chi connectivity index (χ1n) is 9.74. The van der Waals surface area contributed by atoms with E-state index in [2.05, 4.69) is 0 Å². The van der Waals surface area contributed by atoms with Crippen LogP contribution in [0.2, 0.25) is 0 Å². The molecule has 0 radical (unpaired) electrons. The lowest BCUT2D eigenvalue weighted by Crippen LogP contribution is -2.51. The number of aromatic hydroxyl groups is 1. The maximum atomic E-state index is 13.8. The van der Waals surface area contributed by atoms with E-state index < -0.39 is 0 Å². The Kier molecular flexibility index (Phi) is 4.95. The van der Waals surface area contributed by atoms with Gasteiger partial charge >= 0.3 is 0 Å². The monoisotopic (exact) mass is 369 g/mol. The van der Waals surface area contributed by atoms with Crippen molar-refractivity contribution in [1.82, 2.24) is 0 Å². The molecule has 0 bridgehead atoms. The van der Waals surface area contributed by atoms with Crippen LogP contribution in [0.4, 0.5) is 0 Å². The van der Waals surface area contributed by atoms with Gasteiger partial charge < -0.3 is 25.2 Å². The number of quaternary nitrogens is 1. The van der Waals surface area contributed by atoms with Gasteiger partial charge in [0.25, 0.3) is 0 Å². The number of hydrogen-bond donors (Lipinski definition) is 3. The van der Waals surface area contributed by atoms with E-state index in [9.17, 15) is 20.5 Å². The number of rotatable bonds is 6. The number of aliphatic hydroxyl groups is 2. The van der Waals surface area contributed by atoms with Gasteiger partial charge in [-0.3, -0.25) is 0 Å². The van der Waals surface area contributed by atoms with Gasteiger partial charge in [-0.25, -0.2) is 0 Å². The summed E-state index contributed by atoms with van der Waals surface area (Å²) in [5.41, 5.74) is 4.51. The van der Waals surface area contributed by atoms with Gasteiger partial charge in [0.1, 0.15) is 11.8 Å². The Hall–Kier alpha value is -1.92. The fraction of sp³-hybridized carbons (Fsp3) is 0.455.